The molecule has 0 aliphatic carbocycles. The molecular weight excluding hydrogens is 347 g/mol. The molecule has 2 rings (SSSR count). The van der Waals surface area contributed by atoms with Gasteiger partial charge >= 0.3 is 6.61 Å². The number of hydrogen-bond donors (Lipinski definition) is 2. The maximum absolute atomic E-state index is 13.4. The number of nitrogens with zero attached hydrogens (tertiary/aromatic N) is 2. The molecule has 0 aliphatic rings. The van der Waals surface area contributed by atoms with Crippen molar-refractivity contribution in [1.82, 2.24) is 10.2 Å². The molecule has 2 aromatic carbocycles. The van der Waals surface area contributed by atoms with Crippen molar-refractivity contribution in [2.24, 2.45) is 4.99 Å². The molecular formula is C18H20F3N3O2. The molecule has 0 spiro atoms. The molecule has 0 unspecified atom stereocenters. The van der Waals surface area contributed by atoms with Crippen LogP contribution in [0.2, 0.25) is 0 Å². The van der Waals surface area contributed by atoms with Gasteiger partial charge in [-0.2, -0.15) is 8.78 Å². The van der Waals surface area contributed by atoms with E-state index in [1.165, 1.54) is 24.3 Å². The van der Waals surface area contributed by atoms with E-state index in [9.17, 15) is 18.3 Å². The monoisotopic (exact) mass is 367 g/mol. The highest BCUT2D eigenvalue weighted by molar-refractivity contribution is 5.79. The molecule has 2 aromatic rings. The largest absolute Gasteiger partial charge is 0.505 e. The first-order valence-corrected chi connectivity index (χ1v) is 7.82. The van der Waals surface area contributed by atoms with Crippen LogP contribution < -0.4 is 10.1 Å². The van der Waals surface area contributed by atoms with Crippen molar-refractivity contribution in [1.29, 1.82) is 0 Å². The van der Waals surface area contributed by atoms with Crippen molar-refractivity contribution < 1.29 is 23.0 Å². The van der Waals surface area contributed by atoms with E-state index in [1.807, 2.05) is 11.9 Å². The van der Waals surface area contributed by atoms with Crippen molar-refractivity contribution in [3.05, 3.63) is 59.4 Å². The van der Waals surface area contributed by atoms with Crippen LogP contribution in [0.3, 0.4) is 0 Å². The van der Waals surface area contributed by atoms with Crippen molar-refractivity contribution in [2.45, 2.75) is 19.7 Å². The van der Waals surface area contributed by atoms with Gasteiger partial charge in [-0.25, -0.2) is 4.39 Å². The summed E-state index contributed by atoms with van der Waals surface area (Å²) >= 11 is 0. The van der Waals surface area contributed by atoms with Crippen LogP contribution in [0.4, 0.5) is 13.2 Å². The Kier molecular flexibility index (Phi) is 6.71. The zero-order valence-electron chi connectivity index (χ0n) is 14.4. The summed E-state index contributed by atoms with van der Waals surface area (Å²) in [5, 5.41) is 12.3. The minimum Gasteiger partial charge on any atom is -0.505 e. The molecule has 0 bridgehead atoms. The molecule has 0 aromatic heterocycles. The quantitative estimate of drug-likeness (QED) is 0.607. The van der Waals surface area contributed by atoms with Crippen LogP contribution in [0.1, 0.15) is 11.1 Å². The number of aliphatic imine (C=N–C) groups is 1. The molecule has 0 saturated carbocycles. The minimum absolute atomic E-state index is 0.100. The SMILES string of the molecule is CN=C(NCc1ccc(O)c(F)c1)N(C)Cc1ccc(OC(F)F)cc1. The Labute approximate surface area is 149 Å². The zero-order valence-corrected chi connectivity index (χ0v) is 14.4. The fourth-order valence-electron chi connectivity index (χ4n) is 2.35. The number of hydrogen-bond acceptors (Lipinski definition) is 3. The fourth-order valence-corrected chi connectivity index (χ4v) is 2.35. The van der Waals surface area contributed by atoms with Crippen molar-refractivity contribution in [3.63, 3.8) is 0 Å². The number of halogens is 3. The van der Waals surface area contributed by atoms with Gasteiger partial charge in [0.05, 0.1) is 0 Å². The number of phenols is 1. The Hall–Kier alpha value is -2.90. The first-order valence-electron chi connectivity index (χ1n) is 7.82. The lowest BCUT2D eigenvalue weighted by Gasteiger charge is -2.22. The van der Waals surface area contributed by atoms with Crippen molar-refractivity contribution >= 4 is 5.96 Å². The lowest BCUT2D eigenvalue weighted by Crippen LogP contribution is -2.38. The highest BCUT2D eigenvalue weighted by atomic mass is 19.3. The average molecular weight is 367 g/mol. The molecule has 2 N–H and O–H groups in total. The summed E-state index contributed by atoms with van der Waals surface area (Å²) in [4.78, 5) is 5.99. The van der Waals surface area contributed by atoms with Crippen LogP contribution >= 0.6 is 0 Å². The number of phenolic OH excluding ortho intramolecular Hbond substituents is 1. The van der Waals surface area contributed by atoms with Crippen molar-refractivity contribution in [3.8, 4) is 11.5 Å². The Morgan fingerprint density at radius 1 is 1.19 bits per heavy atom. The van der Waals surface area contributed by atoms with Crippen LogP contribution in [0.25, 0.3) is 0 Å². The first kappa shape index (κ1) is 19.4. The van der Waals surface area contributed by atoms with Gasteiger partial charge in [0, 0.05) is 27.2 Å². The Morgan fingerprint density at radius 3 is 2.42 bits per heavy atom. The number of alkyl halides is 2. The second kappa shape index (κ2) is 8.98. The zero-order chi connectivity index (χ0) is 19.1. The lowest BCUT2D eigenvalue weighted by atomic mass is 10.2. The predicted octanol–water partition coefficient (Wildman–Crippen LogP) is 3.34. The van der Waals surface area contributed by atoms with E-state index < -0.39 is 18.2 Å². The summed E-state index contributed by atoms with van der Waals surface area (Å²) in [5.74, 6) is -0.400. The van der Waals surface area contributed by atoms with Gasteiger partial charge < -0.3 is 20.1 Å². The van der Waals surface area contributed by atoms with E-state index in [2.05, 4.69) is 15.0 Å². The van der Waals surface area contributed by atoms with Gasteiger partial charge in [0.25, 0.3) is 0 Å². The average Bonchev–Trinajstić information content (AvgIpc) is 2.60. The molecule has 140 valence electrons. The standard InChI is InChI=1S/C18H20F3N3O2/c1-22-18(23-10-13-5-8-16(25)15(19)9-13)24(2)11-12-3-6-14(7-4-12)26-17(20)21/h3-9,17,25H,10-11H2,1-2H3,(H,22,23). The topological polar surface area (TPSA) is 57.1 Å². The number of rotatable bonds is 6. The lowest BCUT2D eigenvalue weighted by molar-refractivity contribution is -0.0498. The molecule has 8 heteroatoms. The maximum Gasteiger partial charge on any atom is 0.387 e. The van der Waals surface area contributed by atoms with Gasteiger partial charge in [-0.05, 0) is 35.4 Å². The van der Waals surface area contributed by atoms with Gasteiger partial charge in [-0.1, -0.05) is 18.2 Å². The Balaban J connectivity index is 1.93. The molecule has 0 amide bonds. The van der Waals surface area contributed by atoms with Gasteiger partial charge in [0.2, 0.25) is 0 Å². The van der Waals surface area contributed by atoms with Gasteiger partial charge in [0.15, 0.2) is 17.5 Å². The third-order valence-corrected chi connectivity index (χ3v) is 3.60. The Morgan fingerprint density at radius 2 is 1.85 bits per heavy atom. The highest BCUT2D eigenvalue weighted by Gasteiger charge is 2.09. The molecule has 26 heavy (non-hydrogen) atoms. The third-order valence-electron chi connectivity index (χ3n) is 3.60. The van der Waals surface area contributed by atoms with E-state index in [1.54, 1.807) is 25.2 Å². The summed E-state index contributed by atoms with van der Waals surface area (Å²) in [6.07, 6.45) is 0. The highest BCUT2D eigenvalue weighted by Crippen LogP contribution is 2.17. The van der Waals surface area contributed by atoms with E-state index in [0.29, 0.717) is 24.6 Å². The van der Waals surface area contributed by atoms with Crippen LogP contribution in [0, 0.1) is 5.82 Å². The number of guanidine groups is 1. The molecule has 0 atom stereocenters. The summed E-state index contributed by atoms with van der Waals surface area (Å²) in [6, 6.07) is 10.5. The fraction of sp³-hybridized carbons (Fsp3) is 0.278. The number of aromatic hydroxyl groups is 1. The Bertz CT molecular complexity index is 752. The van der Waals surface area contributed by atoms with Crippen LogP contribution in [0.15, 0.2) is 47.5 Å². The van der Waals surface area contributed by atoms with Gasteiger partial charge in [-0.15, -0.1) is 0 Å². The molecule has 0 fully saturated rings. The van der Waals surface area contributed by atoms with Crippen LogP contribution in [-0.2, 0) is 13.1 Å². The summed E-state index contributed by atoms with van der Waals surface area (Å²) in [6.45, 7) is -2.04. The summed E-state index contributed by atoms with van der Waals surface area (Å²) in [7, 11) is 3.44. The normalized spacial score (nSPS) is 11.5. The van der Waals surface area contributed by atoms with Crippen LogP contribution in [-0.4, -0.2) is 36.7 Å². The molecule has 5 nitrogen and oxygen atoms in total. The maximum atomic E-state index is 13.4. The van der Waals surface area contributed by atoms with Crippen molar-refractivity contribution in [2.75, 3.05) is 14.1 Å². The van der Waals surface area contributed by atoms with E-state index in [0.717, 1.165) is 5.56 Å². The molecule has 0 heterocycles. The smallest absolute Gasteiger partial charge is 0.387 e. The first-order chi connectivity index (χ1) is 12.4. The van der Waals surface area contributed by atoms with E-state index >= 15 is 0 Å². The predicted molar refractivity (Wildman–Crippen MR) is 92.8 cm³/mol. The second-order valence-electron chi connectivity index (χ2n) is 5.57. The number of benzene rings is 2. The van der Waals surface area contributed by atoms with Gasteiger partial charge in [-0.3, -0.25) is 4.99 Å². The molecule has 0 radical (unpaired) electrons. The van der Waals surface area contributed by atoms with E-state index in [4.69, 9.17) is 0 Å². The van der Waals surface area contributed by atoms with Crippen LogP contribution in [0.5, 0.6) is 11.5 Å². The minimum atomic E-state index is -2.85. The summed E-state index contributed by atoms with van der Waals surface area (Å²) < 4.78 is 42.0. The number of nitrogens with one attached hydrogen (secondary N) is 1. The molecule has 0 saturated heterocycles. The number of ether oxygens (including phenoxy) is 1. The summed E-state index contributed by atoms with van der Waals surface area (Å²) in [5.41, 5.74) is 1.54. The molecule has 0 aliphatic heterocycles. The van der Waals surface area contributed by atoms with E-state index in [-0.39, 0.29) is 5.75 Å². The second-order valence-corrected chi connectivity index (χ2v) is 5.57. The van der Waals surface area contributed by atoms with Gasteiger partial charge in [0.1, 0.15) is 5.75 Å². The third kappa shape index (κ3) is 5.58.